The molecule has 3 saturated heterocycles. The van der Waals surface area contributed by atoms with Gasteiger partial charge in [0.1, 0.15) is 6.04 Å². The SMILES string of the molecule is O=C1C2CCCCN2C(=O)CN1CC1CCCCO1. The van der Waals surface area contributed by atoms with Crippen LogP contribution in [-0.4, -0.2) is 60.0 Å². The molecule has 3 fully saturated rings. The van der Waals surface area contributed by atoms with Crippen LogP contribution in [0.1, 0.15) is 38.5 Å². The number of fused-ring (bicyclic) bond motifs is 1. The summed E-state index contributed by atoms with van der Waals surface area (Å²) in [4.78, 5) is 28.1. The highest BCUT2D eigenvalue weighted by Gasteiger charge is 2.40. The van der Waals surface area contributed by atoms with Crippen LogP contribution in [0.4, 0.5) is 0 Å². The average molecular weight is 266 g/mol. The first-order valence-corrected chi connectivity index (χ1v) is 7.45. The number of amides is 2. The largest absolute Gasteiger partial charge is 0.376 e. The number of carbonyl (C=O) groups excluding carboxylic acids is 2. The third-order valence-electron chi connectivity index (χ3n) is 4.44. The van der Waals surface area contributed by atoms with Gasteiger partial charge in [-0.25, -0.2) is 0 Å². The lowest BCUT2D eigenvalue weighted by Crippen LogP contribution is -2.62. The molecular formula is C14H22N2O3. The normalized spacial score (nSPS) is 32.4. The number of hydrogen-bond acceptors (Lipinski definition) is 3. The van der Waals surface area contributed by atoms with Gasteiger partial charge in [-0.15, -0.1) is 0 Å². The fourth-order valence-electron chi connectivity index (χ4n) is 3.38. The van der Waals surface area contributed by atoms with Crippen LogP contribution in [0, 0.1) is 0 Å². The van der Waals surface area contributed by atoms with Crippen molar-refractivity contribution in [1.29, 1.82) is 0 Å². The maximum absolute atomic E-state index is 12.5. The van der Waals surface area contributed by atoms with Crippen molar-refractivity contribution in [2.24, 2.45) is 0 Å². The standard InChI is InChI=1S/C14H22N2O3/c17-13-10-15(9-11-5-2-4-8-19-11)14(18)12-6-1-3-7-16(12)13/h11-12H,1-10H2. The van der Waals surface area contributed by atoms with E-state index in [0.29, 0.717) is 6.54 Å². The van der Waals surface area contributed by atoms with Gasteiger partial charge in [-0.05, 0) is 38.5 Å². The van der Waals surface area contributed by atoms with Crippen molar-refractivity contribution in [3.8, 4) is 0 Å². The topological polar surface area (TPSA) is 49.9 Å². The summed E-state index contributed by atoms with van der Waals surface area (Å²) in [5.74, 6) is 0.244. The fraction of sp³-hybridized carbons (Fsp3) is 0.857. The second-order valence-electron chi connectivity index (χ2n) is 5.81. The first-order valence-electron chi connectivity index (χ1n) is 7.45. The molecule has 19 heavy (non-hydrogen) atoms. The van der Waals surface area contributed by atoms with Gasteiger partial charge < -0.3 is 14.5 Å². The van der Waals surface area contributed by atoms with E-state index < -0.39 is 0 Å². The van der Waals surface area contributed by atoms with E-state index in [4.69, 9.17) is 4.74 Å². The Balaban J connectivity index is 1.65. The Bertz CT molecular complexity index is 366. The molecule has 5 nitrogen and oxygen atoms in total. The van der Waals surface area contributed by atoms with Gasteiger partial charge >= 0.3 is 0 Å². The van der Waals surface area contributed by atoms with Gasteiger partial charge in [-0.3, -0.25) is 9.59 Å². The summed E-state index contributed by atoms with van der Waals surface area (Å²) in [5, 5.41) is 0. The number of ether oxygens (including phenoxy) is 1. The molecule has 2 unspecified atom stereocenters. The molecule has 0 radical (unpaired) electrons. The van der Waals surface area contributed by atoms with E-state index in [0.717, 1.165) is 51.7 Å². The zero-order valence-corrected chi connectivity index (χ0v) is 11.3. The van der Waals surface area contributed by atoms with Crippen LogP contribution in [0.15, 0.2) is 0 Å². The molecular weight excluding hydrogens is 244 g/mol. The van der Waals surface area contributed by atoms with Crippen LogP contribution in [-0.2, 0) is 14.3 Å². The van der Waals surface area contributed by atoms with E-state index in [1.165, 1.54) is 0 Å². The molecule has 2 atom stereocenters. The number of hydrogen-bond donors (Lipinski definition) is 0. The van der Waals surface area contributed by atoms with Gasteiger partial charge in [0, 0.05) is 19.7 Å². The van der Waals surface area contributed by atoms with Crippen molar-refractivity contribution >= 4 is 11.8 Å². The zero-order valence-electron chi connectivity index (χ0n) is 11.3. The molecule has 0 aliphatic carbocycles. The summed E-state index contributed by atoms with van der Waals surface area (Å²) >= 11 is 0. The van der Waals surface area contributed by atoms with E-state index in [2.05, 4.69) is 0 Å². The Morgan fingerprint density at radius 2 is 1.95 bits per heavy atom. The molecule has 0 saturated carbocycles. The minimum atomic E-state index is -0.196. The minimum absolute atomic E-state index is 0.111. The fourth-order valence-corrected chi connectivity index (χ4v) is 3.38. The Morgan fingerprint density at radius 1 is 1.11 bits per heavy atom. The summed E-state index contributed by atoms with van der Waals surface area (Å²) in [7, 11) is 0. The smallest absolute Gasteiger partial charge is 0.245 e. The molecule has 0 aromatic heterocycles. The Kier molecular flexibility index (Phi) is 3.73. The van der Waals surface area contributed by atoms with Crippen molar-refractivity contribution in [2.45, 2.75) is 50.7 Å². The Hall–Kier alpha value is -1.10. The highest BCUT2D eigenvalue weighted by Crippen LogP contribution is 2.24. The molecule has 5 heteroatoms. The van der Waals surface area contributed by atoms with E-state index in [9.17, 15) is 9.59 Å². The number of carbonyl (C=O) groups is 2. The quantitative estimate of drug-likeness (QED) is 0.742. The van der Waals surface area contributed by atoms with E-state index >= 15 is 0 Å². The number of rotatable bonds is 2. The van der Waals surface area contributed by atoms with Gasteiger partial charge in [0.25, 0.3) is 0 Å². The third kappa shape index (κ3) is 2.61. The first kappa shape index (κ1) is 12.9. The Labute approximate surface area is 113 Å². The van der Waals surface area contributed by atoms with Crippen LogP contribution in [0.5, 0.6) is 0 Å². The van der Waals surface area contributed by atoms with Gasteiger partial charge in [0.05, 0.1) is 12.6 Å². The minimum Gasteiger partial charge on any atom is -0.376 e. The summed E-state index contributed by atoms with van der Waals surface area (Å²) < 4.78 is 5.68. The molecule has 3 aliphatic rings. The summed E-state index contributed by atoms with van der Waals surface area (Å²) in [6.45, 7) is 2.38. The summed E-state index contributed by atoms with van der Waals surface area (Å²) in [5.41, 5.74) is 0. The number of nitrogens with zero attached hydrogens (tertiary/aromatic N) is 2. The van der Waals surface area contributed by atoms with Crippen molar-refractivity contribution in [2.75, 3.05) is 26.2 Å². The lowest BCUT2D eigenvalue weighted by molar-refractivity contribution is -0.159. The second-order valence-corrected chi connectivity index (χ2v) is 5.81. The molecule has 0 aromatic rings. The highest BCUT2D eigenvalue weighted by atomic mass is 16.5. The molecule has 106 valence electrons. The van der Waals surface area contributed by atoms with E-state index in [1.54, 1.807) is 9.80 Å². The molecule has 3 heterocycles. The predicted molar refractivity (Wildman–Crippen MR) is 69.5 cm³/mol. The van der Waals surface area contributed by atoms with E-state index in [-0.39, 0.29) is 30.5 Å². The van der Waals surface area contributed by atoms with Crippen molar-refractivity contribution in [3.05, 3.63) is 0 Å². The van der Waals surface area contributed by atoms with E-state index in [1.807, 2.05) is 0 Å². The van der Waals surface area contributed by atoms with Crippen LogP contribution < -0.4 is 0 Å². The molecule has 0 bridgehead atoms. The molecule has 0 aromatic carbocycles. The number of piperidine rings is 1. The van der Waals surface area contributed by atoms with Gasteiger partial charge in [-0.1, -0.05) is 0 Å². The lowest BCUT2D eigenvalue weighted by atomic mass is 9.98. The predicted octanol–water partition coefficient (Wildman–Crippen LogP) is 0.779. The third-order valence-corrected chi connectivity index (χ3v) is 4.44. The highest BCUT2D eigenvalue weighted by molar-refractivity contribution is 5.95. The maximum atomic E-state index is 12.5. The molecule has 2 amide bonds. The van der Waals surface area contributed by atoms with Crippen LogP contribution in [0.3, 0.4) is 0 Å². The van der Waals surface area contributed by atoms with Crippen LogP contribution >= 0.6 is 0 Å². The Morgan fingerprint density at radius 3 is 2.74 bits per heavy atom. The molecule has 0 spiro atoms. The summed E-state index contributed by atoms with van der Waals surface area (Å²) in [6.07, 6.45) is 6.31. The summed E-state index contributed by atoms with van der Waals surface area (Å²) in [6, 6.07) is -0.196. The lowest BCUT2D eigenvalue weighted by Gasteiger charge is -2.43. The van der Waals surface area contributed by atoms with Gasteiger partial charge in [-0.2, -0.15) is 0 Å². The maximum Gasteiger partial charge on any atom is 0.245 e. The van der Waals surface area contributed by atoms with Crippen LogP contribution in [0.25, 0.3) is 0 Å². The first-order chi connectivity index (χ1) is 9.25. The van der Waals surface area contributed by atoms with Crippen molar-refractivity contribution in [3.63, 3.8) is 0 Å². The molecule has 3 rings (SSSR count). The van der Waals surface area contributed by atoms with Crippen molar-refractivity contribution in [1.82, 2.24) is 9.80 Å². The molecule has 0 N–H and O–H groups in total. The average Bonchev–Trinajstić information content (AvgIpc) is 2.46. The monoisotopic (exact) mass is 266 g/mol. The number of piperazine rings is 1. The molecule has 3 aliphatic heterocycles. The van der Waals surface area contributed by atoms with Crippen LogP contribution in [0.2, 0.25) is 0 Å². The van der Waals surface area contributed by atoms with Gasteiger partial charge in [0.15, 0.2) is 0 Å². The second kappa shape index (κ2) is 5.49. The zero-order chi connectivity index (χ0) is 13.2. The van der Waals surface area contributed by atoms with Crippen molar-refractivity contribution < 1.29 is 14.3 Å². The van der Waals surface area contributed by atoms with Gasteiger partial charge in [0.2, 0.25) is 11.8 Å².